The Hall–Kier alpha value is -3.03. The summed E-state index contributed by atoms with van der Waals surface area (Å²) in [4.78, 5) is 28.0. The van der Waals surface area contributed by atoms with E-state index in [1.807, 2.05) is 6.92 Å². The molecule has 1 amide bonds. The van der Waals surface area contributed by atoms with Crippen molar-refractivity contribution in [1.82, 2.24) is 10.2 Å². The third-order valence-corrected chi connectivity index (χ3v) is 5.77. The normalized spacial score (nSPS) is 16.0. The van der Waals surface area contributed by atoms with Gasteiger partial charge in [0.1, 0.15) is 10.6 Å². The van der Waals surface area contributed by atoms with Crippen molar-refractivity contribution >= 4 is 44.9 Å². The number of amides is 1. The third kappa shape index (κ3) is 2.47. The largest absolute Gasteiger partial charge is 0.450 e. The summed E-state index contributed by atoms with van der Waals surface area (Å²) in [5.41, 5.74) is 1.20. The Kier molecular flexibility index (Phi) is 3.82. The van der Waals surface area contributed by atoms with E-state index < -0.39 is 11.9 Å². The Morgan fingerprint density at radius 3 is 2.54 bits per heavy atom. The molecule has 6 nitrogen and oxygen atoms in total. The number of nitrogens with zero attached hydrogens (tertiary/aromatic N) is 3. The maximum atomic E-state index is 13.3. The number of aryl methyl sites for hydroxylation is 1. The molecule has 1 atom stereocenters. The molecule has 138 valence electrons. The monoisotopic (exact) mass is 409 g/mol. The molecule has 0 aliphatic carbocycles. The molecule has 0 unspecified atom stereocenters. The molecule has 0 fully saturated rings. The number of carbonyl (C=O) groups is 1. The third-order valence-electron chi connectivity index (χ3n) is 4.68. The van der Waals surface area contributed by atoms with Crippen LogP contribution < -0.4 is 10.3 Å². The summed E-state index contributed by atoms with van der Waals surface area (Å²) >= 11 is 7.32. The second kappa shape index (κ2) is 6.25. The van der Waals surface area contributed by atoms with Crippen molar-refractivity contribution in [2.24, 2.45) is 0 Å². The van der Waals surface area contributed by atoms with E-state index in [-0.39, 0.29) is 11.2 Å². The second-order valence-corrected chi connectivity index (χ2v) is 8.00. The summed E-state index contributed by atoms with van der Waals surface area (Å²) in [6, 6.07) is 13.3. The zero-order chi connectivity index (χ0) is 19.4. The van der Waals surface area contributed by atoms with Crippen molar-refractivity contribution < 1.29 is 9.21 Å². The Balaban J connectivity index is 1.82. The molecule has 0 radical (unpaired) electrons. The van der Waals surface area contributed by atoms with Crippen LogP contribution in [0.3, 0.4) is 0 Å². The number of hydrogen-bond acceptors (Lipinski definition) is 6. The molecule has 2 aromatic heterocycles. The Labute approximate surface area is 168 Å². The van der Waals surface area contributed by atoms with Crippen LogP contribution >= 0.6 is 22.9 Å². The van der Waals surface area contributed by atoms with Gasteiger partial charge in [-0.15, -0.1) is 10.2 Å². The molecule has 0 bridgehead atoms. The number of benzene rings is 2. The number of rotatable bonds is 2. The first-order valence-corrected chi connectivity index (χ1v) is 9.69. The predicted molar refractivity (Wildman–Crippen MR) is 107 cm³/mol. The fourth-order valence-electron chi connectivity index (χ4n) is 3.46. The van der Waals surface area contributed by atoms with Gasteiger partial charge in [0.2, 0.25) is 10.9 Å². The van der Waals surface area contributed by atoms with E-state index in [4.69, 9.17) is 16.0 Å². The van der Waals surface area contributed by atoms with Crippen LogP contribution in [-0.4, -0.2) is 16.1 Å². The minimum absolute atomic E-state index is 0.0384. The van der Waals surface area contributed by atoms with Crippen molar-refractivity contribution in [3.8, 4) is 0 Å². The maximum absolute atomic E-state index is 13.3. The standard InChI is InChI=1S/C20H12ClN3O3S/c1-10-22-23-20(28-10)24-16(11-6-8-12(21)9-7-11)15-17(25)13-4-2-3-5-14(13)27-18(15)19(24)26/h2-9,16H,1H3/t16-/m1/s1. The van der Waals surface area contributed by atoms with E-state index in [9.17, 15) is 9.59 Å². The molecule has 1 aliphatic rings. The van der Waals surface area contributed by atoms with Crippen LogP contribution in [0.25, 0.3) is 11.0 Å². The lowest BCUT2D eigenvalue weighted by atomic mass is 9.99. The van der Waals surface area contributed by atoms with Crippen molar-refractivity contribution in [2.75, 3.05) is 4.90 Å². The highest BCUT2D eigenvalue weighted by Crippen LogP contribution is 2.42. The molecule has 8 heteroatoms. The van der Waals surface area contributed by atoms with Crippen molar-refractivity contribution in [3.05, 3.63) is 85.7 Å². The fraction of sp³-hybridized carbons (Fsp3) is 0.100. The number of anilines is 1. The highest BCUT2D eigenvalue weighted by atomic mass is 35.5. The van der Waals surface area contributed by atoms with Crippen LogP contribution in [0, 0.1) is 6.92 Å². The van der Waals surface area contributed by atoms with Gasteiger partial charge in [-0.05, 0) is 36.8 Å². The number of hydrogen-bond donors (Lipinski definition) is 0. The quantitative estimate of drug-likeness (QED) is 0.491. The molecular weight excluding hydrogens is 398 g/mol. The average molecular weight is 410 g/mol. The lowest BCUT2D eigenvalue weighted by molar-refractivity contribution is 0.0970. The predicted octanol–water partition coefficient (Wildman–Crippen LogP) is 4.36. The molecule has 0 spiro atoms. The highest BCUT2D eigenvalue weighted by Gasteiger charge is 2.45. The van der Waals surface area contributed by atoms with Crippen LogP contribution in [0.15, 0.2) is 57.7 Å². The molecule has 1 aliphatic heterocycles. The van der Waals surface area contributed by atoms with Crippen LogP contribution in [0.1, 0.15) is 32.7 Å². The van der Waals surface area contributed by atoms with Crippen LogP contribution in [-0.2, 0) is 0 Å². The minimum Gasteiger partial charge on any atom is -0.450 e. The first-order valence-electron chi connectivity index (χ1n) is 8.49. The highest BCUT2D eigenvalue weighted by molar-refractivity contribution is 7.15. The lowest BCUT2D eigenvalue weighted by Gasteiger charge is -2.22. The topological polar surface area (TPSA) is 76.3 Å². The molecule has 3 heterocycles. The Bertz CT molecular complexity index is 1300. The van der Waals surface area contributed by atoms with Crippen LogP contribution in [0.5, 0.6) is 0 Å². The van der Waals surface area contributed by atoms with Gasteiger partial charge in [-0.2, -0.15) is 0 Å². The average Bonchev–Trinajstić information content (AvgIpc) is 3.24. The zero-order valence-corrected chi connectivity index (χ0v) is 16.1. The first-order chi connectivity index (χ1) is 13.5. The van der Waals surface area contributed by atoms with E-state index in [0.717, 1.165) is 10.6 Å². The molecule has 0 N–H and O–H groups in total. The number of halogens is 1. The van der Waals surface area contributed by atoms with Gasteiger partial charge in [0.25, 0.3) is 5.91 Å². The van der Waals surface area contributed by atoms with E-state index in [1.165, 1.54) is 16.2 Å². The van der Waals surface area contributed by atoms with E-state index >= 15 is 0 Å². The molecule has 2 aromatic carbocycles. The summed E-state index contributed by atoms with van der Waals surface area (Å²) < 4.78 is 5.87. The number of aromatic nitrogens is 2. The summed E-state index contributed by atoms with van der Waals surface area (Å²) in [7, 11) is 0. The molecule has 0 saturated carbocycles. The van der Waals surface area contributed by atoms with E-state index in [2.05, 4.69) is 10.2 Å². The van der Waals surface area contributed by atoms with Crippen molar-refractivity contribution in [3.63, 3.8) is 0 Å². The lowest BCUT2D eigenvalue weighted by Crippen LogP contribution is -2.29. The van der Waals surface area contributed by atoms with Crippen molar-refractivity contribution in [1.29, 1.82) is 0 Å². The molecular formula is C20H12ClN3O3S. The summed E-state index contributed by atoms with van der Waals surface area (Å²) in [6.45, 7) is 1.81. The minimum atomic E-state index is -0.659. The van der Waals surface area contributed by atoms with E-state index in [1.54, 1.807) is 48.5 Å². The van der Waals surface area contributed by atoms with Gasteiger partial charge >= 0.3 is 0 Å². The van der Waals surface area contributed by atoms with E-state index in [0.29, 0.717) is 26.7 Å². The van der Waals surface area contributed by atoms with Gasteiger partial charge < -0.3 is 4.42 Å². The number of carbonyl (C=O) groups excluding carboxylic acids is 1. The van der Waals surface area contributed by atoms with Gasteiger partial charge in [0.05, 0.1) is 17.0 Å². The smallest absolute Gasteiger partial charge is 0.297 e. The van der Waals surface area contributed by atoms with Crippen molar-refractivity contribution in [2.45, 2.75) is 13.0 Å². The van der Waals surface area contributed by atoms with Gasteiger partial charge in [-0.25, -0.2) is 0 Å². The summed E-state index contributed by atoms with van der Waals surface area (Å²) in [5, 5.41) is 10.3. The molecule has 28 heavy (non-hydrogen) atoms. The SMILES string of the molecule is Cc1nnc(N2C(=O)c3oc4ccccc4c(=O)c3[C@H]2c2ccc(Cl)cc2)s1. The zero-order valence-electron chi connectivity index (χ0n) is 14.5. The Morgan fingerprint density at radius 2 is 1.82 bits per heavy atom. The summed E-state index contributed by atoms with van der Waals surface area (Å²) in [5.74, 6) is -0.370. The fourth-order valence-corrected chi connectivity index (χ4v) is 4.30. The molecule has 0 saturated heterocycles. The van der Waals surface area contributed by atoms with Gasteiger partial charge in [0, 0.05) is 5.02 Å². The number of fused-ring (bicyclic) bond motifs is 2. The second-order valence-electron chi connectivity index (χ2n) is 6.40. The van der Waals surface area contributed by atoms with Crippen LogP contribution in [0.2, 0.25) is 5.02 Å². The maximum Gasteiger partial charge on any atom is 0.297 e. The van der Waals surface area contributed by atoms with Gasteiger partial charge in [-0.3, -0.25) is 14.5 Å². The molecule has 5 rings (SSSR count). The van der Waals surface area contributed by atoms with Gasteiger partial charge in [-0.1, -0.05) is 47.2 Å². The first kappa shape index (κ1) is 17.1. The summed E-state index contributed by atoms with van der Waals surface area (Å²) in [6.07, 6.45) is 0. The van der Waals surface area contributed by atoms with Gasteiger partial charge in [0.15, 0.2) is 5.43 Å². The molecule has 4 aromatic rings. The van der Waals surface area contributed by atoms with Crippen LogP contribution in [0.4, 0.5) is 5.13 Å². The Morgan fingerprint density at radius 1 is 1.07 bits per heavy atom. The number of para-hydroxylation sites is 1.